The molecule has 0 amide bonds. The molecule has 2 fully saturated rings. The van der Waals surface area contributed by atoms with Crippen LogP contribution in [0.5, 0.6) is 0 Å². The lowest BCUT2D eigenvalue weighted by Gasteiger charge is -1.92. The molecule has 2 rings (SSSR count). The number of fused-ring (bicyclic) bond motifs is 1. The third-order valence-electron chi connectivity index (χ3n) is 2.04. The third kappa shape index (κ3) is 0.348. The van der Waals surface area contributed by atoms with Crippen molar-refractivity contribution in [3.63, 3.8) is 0 Å². The largest absolute Gasteiger partial charge is 0.358 e. The van der Waals surface area contributed by atoms with Crippen molar-refractivity contribution in [3.8, 4) is 0 Å². The lowest BCUT2D eigenvalue weighted by atomic mass is 10.1. The molecule has 0 aromatic heterocycles. The highest BCUT2D eigenvalue weighted by atomic mass is 16.6. The maximum atomic E-state index is 10.7. The van der Waals surface area contributed by atoms with Gasteiger partial charge in [-0.25, -0.2) is 0 Å². The van der Waals surface area contributed by atoms with E-state index in [1.54, 1.807) is 0 Å². The molecule has 0 spiro atoms. The topological polar surface area (TPSA) is 29.6 Å². The summed E-state index contributed by atoms with van der Waals surface area (Å²) in [6.07, 6.45) is 1.67. The van der Waals surface area contributed by atoms with Gasteiger partial charge in [-0.2, -0.15) is 0 Å². The molecule has 0 unspecified atom stereocenters. The first-order valence-electron chi connectivity index (χ1n) is 2.93. The van der Waals surface area contributed by atoms with E-state index in [9.17, 15) is 4.79 Å². The molecule has 0 radical (unpaired) electrons. The van der Waals surface area contributed by atoms with Gasteiger partial charge >= 0.3 is 0 Å². The van der Waals surface area contributed by atoms with Crippen LogP contribution in [0.2, 0.25) is 0 Å². The van der Waals surface area contributed by atoms with Crippen LogP contribution in [0.15, 0.2) is 0 Å². The number of ether oxygens (including phenoxy) is 1. The first-order chi connectivity index (χ1) is 3.72. The summed E-state index contributed by atoms with van der Waals surface area (Å²) in [6, 6.07) is 0. The summed E-state index contributed by atoms with van der Waals surface area (Å²) in [4.78, 5) is 10.7. The number of epoxide rings is 1. The van der Waals surface area contributed by atoms with Crippen LogP contribution >= 0.6 is 0 Å². The summed E-state index contributed by atoms with van der Waals surface area (Å²) in [5.74, 6) is 0.299. The van der Waals surface area contributed by atoms with Crippen LogP contribution < -0.4 is 0 Å². The number of ketones is 1. The van der Waals surface area contributed by atoms with E-state index >= 15 is 0 Å². The monoisotopic (exact) mass is 112 g/mol. The van der Waals surface area contributed by atoms with E-state index in [4.69, 9.17) is 4.74 Å². The van der Waals surface area contributed by atoms with Gasteiger partial charge in [0, 0.05) is 6.42 Å². The summed E-state index contributed by atoms with van der Waals surface area (Å²) in [7, 11) is 0. The highest BCUT2D eigenvalue weighted by molar-refractivity contribution is 5.89. The highest BCUT2D eigenvalue weighted by Crippen LogP contribution is 2.46. The molecule has 0 aromatic carbocycles. The zero-order chi connectivity index (χ0) is 5.78. The average Bonchev–Trinajstić information content (AvgIpc) is 2.32. The smallest absolute Gasteiger partial charge is 0.164 e. The Labute approximate surface area is 47.8 Å². The van der Waals surface area contributed by atoms with Crippen LogP contribution in [0.4, 0.5) is 0 Å². The molecule has 2 aliphatic rings. The van der Waals surface area contributed by atoms with E-state index in [1.165, 1.54) is 0 Å². The number of hydrogen-bond acceptors (Lipinski definition) is 2. The fourth-order valence-electron chi connectivity index (χ4n) is 1.33. The number of rotatable bonds is 0. The summed E-state index contributed by atoms with van der Waals surface area (Å²) >= 11 is 0. The van der Waals surface area contributed by atoms with Crippen molar-refractivity contribution in [2.45, 2.75) is 31.5 Å². The molecule has 1 heterocycles. The summed E-state index contributed by atoms with van der Waals surface area (Å²) in [5, 5.41) is 0. The van der Waals surface area contributed by atoms with Crippen LogP contribution in [0.1, 0.15) is 19.8 Å². The Morgan fingerprint density at radius 3 is 2.75 bits per heavy atom. The molecular weight excluding hydrogens is 104 g/mol. The van der Waals surface area contributed by atoms with Crippen LogP contribution in [-0.2, 0) is 9.53 Å². The van der Waals surface area contributed by atoms with E-state index in [0.29, 0.717) is 5.78 Å². The van der Waals surface area contributed by atoms with E-state index in [1.807, 2.05) is 6.92 Å². The maximum absolute atomic E-state index is 10.7. The standard InChI is InChI=1S/C6H8O2/c1-6-3-2-4(7)5(6)8-6/h5H,2-3H2,1H3/t5-,6-/m0/s1. The van der Waals surface area contributed by atoms with E-state index in [0.717, 1.165) is 12.8 Å². The van der Waals surface area contributed by atoms with Gasteiger partial charge in [-0.05, 0) is 13.3 Å². The molecule has 1 aliphatic carbocycles. The summed E-state index contributed by atoms with van der Waals surface area (Å²) < 4.78 is 5.10. The van der Waals surface area contributed by atoms with Gasteiger partial charge in [-0.1, -0.05) is 0 Å². The van der Waals surface area contributed by atoms with Crippen LogP contribution in [0.25, 0.3) is 0 Å². The Morgan fingerprint density at radius 1 is 1.88 bits per heavy atom. The van der Waals surface area contributed by atoms with E-state index in [-0.39, 0.29) is 11.7 Å². The van der Waals surface area contributed by atoms with Gasteiger partial charge in [-0.15, -0.1) is 0 Å². The van der Waals surface area contributed by atoms with Gasteiger partial charge in [-0.3, -0.25) is 4.79 Å². The fraction of sp³-hybridized carbons (Fsp3) is 0.833. The highest BCUT2D eigenvalue weighted by Gasteiger charge is 2.60. The molecule has 2 nitrogen and oxygen atoms in total. The predicted molar refractivity (Wildman–Crippen MR) is 27.5 cm³/mol. The summed E-state index contributed by atoms with van der Waals surface area (Å²) in [6.45, 7) is 2.00. The number of hydrogen-bond donors (Lipinski definition) is 0. The maximum Gasteiger partial charge on any atom is 0.164 e. The Morgan fingerprint density at radius 2 is 2.62 bits per heavy atom. The number of Topliss-reactive ketones (excluding diaryl/α,β-unsaturated/α-hetero) is 1. The van der Waals surface area contributed by atoms with Gasteiger partial charge in [0.05, 0.1) is 0 Å². The first-order valence-corrected chi connectivity index (χ1v) is 2.93. The Balaban J connectivity index is 2.26. The Bertz CT molecular complexity index is 153. The lowest BCUT2D eigenvalue weighted by Crippen LogP contribution is -2.02. The molecule has 0 aromatic rings. The zero-order valence-electron chi connectivity index (χ0n) is 4.81. The second kappa shape index (κ2) is 0.982. The average molecular weight is 112 g/mol. The van der Waals surface area contributed by atoms with Gasteiger partial charge in [0.2, 0.25) is 0 Å². The van der Waals surface area contributed by atoms with Crippen molar-refractivity contribution >= 4 is 5.78 Å². The number of carbonyl (C=O) groups excluding carboxylic acids is 1. The predicted octanol–water partition coefficient (Wildman–Crippen LogP) is 0.507. The summed E-state index contributed by atoms with van der Waals surface area (Å²) in [5.41, 5.74) is -0.0168. The van der Waals surface area contributed by atoms with E-state index in [2.05, 4.69) is 0 Å². The van der Waals surface area contributed by atoms with Crippen molar-refractivity contribution in [1.82, 2.24) is 0 Å². The van der Waals surface area contributed by atoms with Crippen molar-refractivity contribution in [2.75, 3.05) is 0 Å². The minimum absolute atomic E-state index is 0.0116. The fourth-order valence-corrected chi connectivity index (χ4v) is 1.33. The van der Waals surface area contributed by atoms with Gasteiger partial charge in [0.15, 0.2) is 5.78 Å². The zero-order valence-corrected chi connectivity index (χ0v) is 4.81. The van der Waals surface area contributed by atoms with Crippen molar-refractivity contribution in [1.29, 1.82) is 0 Å². The van der Waals surface area contributed by atoms with E-state index < -0.39 is 0 Å². The normalized spacial score (nSPS) is 51.6. The third-order valence-corrected chi connectivity index (χ3v) is 2.04. The van der Waals surface area contributed by atoms with Crippen LogP contribution in [0, 0.1) is 0 Å². The molecule has 1 aliphatic heterocycles. The lowest BCUT2D eigenvalue weighted by molar-refractivity contribution is -0.119. The number of carbonyl (C=O) groups is 1. The molecule has 2 heteroatoms. The molecule has 2 atom stereocenters. The van der Waals surface area contributed by atoms with Gasteiger partial charge in [0.1, 0.15) is 11.7 Å². The van der Waals surface area contributed by atoms with Gasteiger partial charge in [0.25, 0.3) is 0 Å². The molecule has 1 saturated heterocycles. The molecule has 0 N–H and O–H groups in total. The molecular formula is C6H8O2. The van der Waals surface area contributed by atoms with Gasteiger partial charge < -0.3 is 4.74 Å². The second-order valence-corrected chi connectivity index (χ2v) is 2.78. The molecule has 0 bridgehead atoms. The SMILES string of the molecule is C[C@]12CCC(=O)[C@@H]1O2. The second-order valence-electron chi connectivity index (χ2n) is 2.78. The molecule has 44 valence electrons. The first kappa shape index (κ1) is 4.50. The minimum Gasteiger partial charge on any atom is -0.358 e. The molecule has 1 saturated carbocycles. The van der Waals surface area contributed by atoms with Crippen molar-refractivity contribution < 1.29 is 9.53 Å². The van der Waals surface area contributed by atoms with Crippen LogP contribution in [-0.4, -0.2) is 17.5 Å². The minimum atomic E-state index is -0.0168. The quantitative estimate of drug-likeness (QED) is 0.427. The Hall–Kier alpha value is -0.370. The van der Waals surface area contributed by atoms with Crippen LogP contribution in [0.3, 0.4) is 0 Å². The Kier molecular flexibility index (Phi) is 0.553. The van der Waals surface area contributed by atoms with Crippen molar-refractivity contribution in [3.05, 3.63) is 0 Å². The van der Waals surface area contributed by atoms with Crippen molar-refractivity contribution in [2.24, 2.45) is 0 Å². The molecule has 8 heavy (non-hydrogen) atoms.